The van der Waals surface area contributed by atoms with Crippen molar-refractivity contribution in [2.45, 2.75) is 12.3 Å². The molecular weight excluding hydrogens is 621 g/mol. The maximum Gasteiger partial charge on any atom is 0.130 e. The summed E-state index contributed by atoms with van der Waals surface area (Å²) in [6, 6.07) is 63.0. The number of anilines is 2. The summed E-state index contributed by atoms with van der Waals surface area (Å²) in [5.41, 5.74) is 13.0. The average molecular weight is 655 g/mol. The van der Waals surface area contributed by atoms with Crippen LogP contribution < -0.4 is 9.64 Å². The van der Waals surface area contributed by atoms with Crippen LogP contribution in [0.15, 0.2) is 200 Å². The number of nitrogens with zero attached hydrogens (tertiary/aromatic N) is 2. The van der Waals surface area contributed by atoms with Crippen LogP contribution in [0.5, 0.6) is 5.75 Å². The second-order valence-corrected chi connectivity index (χ2v) is 13.3. The van der Waals surface area contributed by atoms with E-state index in [2.05, 4.69) is 191 Å². The minimum atomic E-state index is 0.264. The molecule has 0 N–H and O–H groups in total. The summed E-state index contributed by atoms with van der Waals surface area (Å²) in [6.07, 6.45) is 5.47. The summed E-state index contributed by atoms with van der Waals surface area (Å²) in [4.78, 5) is 2.35. The van der Waals surface area contributed by atoms with Crippen molar-refractivity contribution in [2.24, 2.45) is 0 Å². The van der Waals surface area contributed by atoms with E-state index in [1.165, 1.54) is 49.6 Å². The maximum atomic E-state index is 6.39. The van der Waals surface area contributed by atoms with Crippen LogP contribution in [0.25, 0.3) is 49.7 Å². The van der Waals surface area contributed by atoms with E-state index in [0.717, 1.165) is 40.7 Å². The summed E-state index contributed by atoms with van der Waals surface area (Å²) in [7, 11) is 0. The first kappa shape index (κ1) is 29.3. The fourth-order valence-electron chi connectivity index (χ4n) is 7.87. The molecule has 0 amide bonds. The molecule has 0 spiro atoms. The van der Waals surface area contributed by atoms with Crippen molar-refractivity contribution < 1.29 is 4.74 Å². The van der Waals surface area contributed by atoms with E-state index in [-0.39, 0.29) is 5.92 Å². The predicted molar refractivity (Wildman–Crippen MR) is 211 cm³/mol. The Morgan fingerprint density at radius 3 is 1.63 bits per heavy atom. The summed E-state index contributed by atoms with van der Waals surface area (Å²) < 4.78 is 8.76. The van der Waals surface area contributed by atoms with E-state index in [0.29, 0.717) is 0 Å². The van der Waals surface area contributed by atoms with Crippen LogP contribution in [0.1, 0.15) is 17.9 Å². The Morgan fingerprint density at radius 2 is 1.00 bits per heavy atom. The molecule has 3 nitrogen and oxygen atoms in total. The number of benzene rings is 7. The lowest BCUT2D eigenvalue weighted by Gasteiger charge is -2.29. The molecule has 2 heterocycles. The lowest BCUT2D eigenvalue weighted by atomic mass is 9.91. The molecule has 1 unspecified atom stereocenters. The number of rotatable bonds is 6. The Balaban J connectivity index is 0.992. The van der Waals surface area contributed by atoms with Crippen molar-refractivity contribution in [1.82, 2.24) is 4.57 Å². The summed E-state index contributed by atoms with van der Waals surface area (Å²) >= 11 is 0. The number of ether oxygens (including phenoxy) is 1. The van der Waals surface area contributed by atoms with Gasteiger partial charge in [-0.3, -0.25) is 0 Å². The third-order valence-electron chi connectivity index (χ3n) is 10.4. The Hall–Kier alpha value is -6.58. The molecule has 10 rings (SSSR count). The Labute approximate surface area is 297 Å². The highest BCUT2D eigenvalue weighted by atomic mass is 16.5. The molecule has 1 aromatic heterocycles. The van der Waals surface area contributed by atoms with Gasteiger partial charge < -0.3 is 14.2 Å². The van der Waals surface area contributed by atoms with Gasteiger partial charge >= 0.3 is 0 Å². The number of fused-ring (bicyclic) bond motifs is 6. The molecule has 2 aliphatic rings. The third kappa shape index (κ3) is 5.05. The third-order valence-corrected chi connectivity index (χ3v) is 10.4. The van der Waals surface area contributed by atoms with E-state index in [4.69, 9.17) is 4.74 Å². The van der Waals surface area contributed by atoms with Gasteiger partial charge in [0.15, 0.2) is 0 Å². The number of hydrogen-bond donors (Lipinski definition) is 0. The highest BCUT2D eigenvalue weighted by Crippen LogP contribution is 2.47. The van der Waals surface area contributed by atoms with Gasteiger partial charge in [0.1, 0.15) is 11.5 Å². The van der Waals surface area contributed by atoms with E-state index in [1.807, 2.05) is 6.07 Å². The SMILES string of the molecule is C1=C2Oc3ccccc3C2CC=C1N(c1ccc(-c2ccccc2)cc1)c1ccc(-c2ccc(-n3c4ccccc4c4ccccc43)cc2)cc1. The van der Waals surface area contributed by atoms with Gasteiger partial charge in [-0.05, 0) is 83.3 Å². The second kappa shape index (κ2) is 12.1. The zero-order valence-corrected chi connectivity index (χ0v) is 28.0. The molecule has 0 radical (unpaired) electrons. The van der Waals surface area contributed by atoms with Crippen molar-refractivity contribution in [1.29, 1.82) is 0 Å². The molecule has 3 heteroatoms. The van der Waals surface area contributed by atoms with Crippen LogP contribution >= 0.6 is 0 Å². The maximum absolute atomic E-state index is 6.39. The molecule has 0 saturated heterocycles. The molecule has 0 fully saturated rings. The van der Waals surface area contributed by atoms with Crippen LogP contribution in [0.2, 0.25) is 0 Å². The van der Waals surface area contributed by atoms with E-state index in [1.54, 1.807) is 0 Å². The fourth-order valence-corrected chi connectivity index (χ4v) is 7.87. The van der Waals surface area contributed by atoms with Gasteiger partial charge in [-0.1, -0.05) is 127 Å². The molecule has 8 aromatic rings. The molecule has 1 aliphatic heterocycles. The molecule has 7 aromatic carbocycles. The van der Waals surface area contributed by atoms with Crippen molar-refractivity contribution in [2.75, 3.05) is 4.90 Å². The van der Waals surface area contributed by atoms with Crippen LogP contribution in [0.3, 0.4) is 0 Å². The van der Waals surface area contributed by atoms with Gasteiger partial charge in [-0.2, -0.15) is 0 Å². The van der Waals surface area contributed by atoms with Crippen LogP contribution in [-0.2, 0) is 0 Å². The van der Waals surface area contributed by atoms with Crippen molar-refractivity contribution in [3.63, 3.8) is 0 Å². The number of aromatic nitrogens is 1. The standard InChI is InChI=1S/C48H34N2O/c1-2-10-33(11-3-1)34-18-24-37(25-19-34)49(40-30-31-44-43-14-6-9-17-47(43)51-48(44)32-40)38-26-20-35(21-27-38)36-22-28-39(29-23-36)50-45-15-7-4-12-41(45)42-13-5-8-16-46(42)50/h1-30,32,44H,31H2. The minimum Gasteiger partial charge on any atom is -0.461 e. The van der Waals surface area contributed by atoms with Gasteiger partial charge in [0, 0.05) is 51.1 Å². The average Bonchev–Trinajstić information content (AvgIpc) is 3.74. The lowest BCUT2D eigenvalue weighted by Crippen LogP contribution is -2.18. The molecule has 51 heavy (non-hydrogen) atoms. The first-order chi connectivity index (χ1) is 25.3. The monoisotopic (exact) mass is 654 g/mol. The normalized spacial score (nSPS) is 14.8. The highest BCUT2D eigenvalue weighted by molar-refractivity contribution is 6.09. The van der Waals surface area contributed by atoms with Crippen LogP contribution in [-0.4, -0.2) is 4.57 Å². The first-order valence-corrected chi connectivity index (χ1v) is 17.6. The molecule has 242 valence electrons. The van der Waals surface area contributed by atoms with Crippen molar-refractivity contribution >= 4 is 33.2 Å². The smallest absolute Gasteiger partial charge is 0.130 e. The number of para-hydroxylation sites is 3. The molecule has 1 aliphatic carbocycles. The van der Waals surface area contributed by atoms with Gasteiger partial charge in [-0.25, -0.2) is 0 Å². The quantitative estimate of drug-likeness (QED) is 0.178. The fraction of sp³-hybridized carbons (Fsp3) is 0.0417. The molecule has 0 saturated carbocycles. The summed E-state index contributed by atoms with van der Waals surface area (Å²) in [6.45, 7) is 0. The zero-order chi connectivity index (χ0) is 33.7. The largest absolute Gasteiger partial charge is 0.461 e. The van der Waals surface area contributed by atoms with Crippen LogP contribution in [0, 0.1) is 0 Å². The Morgan fingerprint density at radius 1 is 0.490 bits per heavy atom. The summed E-state index contributed by atoms with van der Waals surface area (Å²) in [5, 5.41) is 2.55. The van der Waals surface area contributed by atoms with E-state index in [9.17, 15) is 0 Å². The molecule has 1 atom stereocenters. The first-order valence-electron chi connectivity index (χ1n) is 17.6. The van der Waals surface area contributed by atoms with Gasteiger partial charge in [0.05, 0.1) is 11.0 Å². The van der Waals surface area contributed by atoms with Crippen molar-refractivity contribution in [3.8, 4) is 33.7 Å². The molecular formula is C48H34N2O. The topological polar surface area (TPSA) is 17.4 Å². The summed E-state index contributed by atoms with van der Waals surface area (Å²) in [5.74, 6) is 2.25. The predicted octanol–water partition coefficient (Wildman–Crippen LogP) is 12.6. The number of allylic oxidation sites excluding steroid dienone is 3. The highest BCUT2D eigenvalue weighted by Gasteiger charge is 2.32. The number of hydrogen-bond acceptors (Lipinski definition) is 2. The van der Waals surface area contributed by atoms with Crippen molar-refractivity contribution in [3.05, 3.63) is 205 Å². The van der Waals surface area contributed by atoms with E-state index < -0.39 is 0 Å². The van der Waals surface area contributed by atoms with Gasteiger partial charge in [0.2, 0.25) is 0 Å². The van der Waals surface area contributed by atoms with Gasteiger partial charge in [-0.15, -0.1) is 0 Å². The van der Waals surface area contributed by atoms with Crippen LogP contribution in [0.4, 0.5) is 11.4 Å². The Kier molecular flexibility index (Phi) is 6.95. The zero-order valence-electron chi connectivity index (χ0n) is 28.0. The second-order valence-electron chi connectivity index (χ2n) is 13.3. The lowest BCUT2D eigenvalue weighted by molar-refractivity contribution is 0.424. The van der Waals surface area contributed by atoms with E-state index >= 15 is 0 Å². The van der Waals surface area contributed by atoms with Gasteiger partial charge in [0.25, 0.3) is 0 Å². The Bertz CT molecular complexity index is 2560. The molecule has 0 bridgehead atoms. The minimum absolute atomic E-state index is 0.264.